The van der Waals surface area contributed by atoms with Crippen molar-refractivity contribution in [1.29, 1.82) is 5.26 Å². The van der Waals surface area contributed by atoms with E-state index in [2.05, 4.69) is 22.0 Å². The molecular formula is C30H25N3NaO4S-. The Labute approximate surface area is 253 Å². The van der Waals surface area contributed by atoms with Gasteiger partial charge in [0.2, 0.25) is 0 Å². The number of benzene rings is 3. The van der Waals surface area contributed by atoms with Gasteiger partial charge in [0.1, 0.15) is 6.10 Å². The minimum Gasteiger partial charge on any atom is -0.870 e. The first-order valence-corrected chi connectivity index (χ1v) is 12.7. The van der Waals surface area contributed by atoms with Crippen LogP contribution in [0, 0.1) is 18.3 Å². The number of amides is 1. The van der Waals surface area contributed by atoms with Gasteiger partial charge in [-0.05, 0) is 48.1 Å². The number of nitrogens with zero attached hydrogens (tertiary/aromatic N) is 2. The van der Waals surface area contributed by atoms with E-state index in [1.165, 1.54) is 11.5 Å². The summed E-state index contributed by atoms with van der Waals surface area (Å²) in [5.74, 6) is 0. The summed E-state index contributed by atoms with van der Waals surface area (Å²) >= 11 is 1.22. The molecule has 1 aliphatic rings. The third kappa shape index (κ3) is 6.30. The molecule has 5 rings (SSSR count). The average molecular weight is 547 g/mol. The van der Waals surface area contributed by atoms with E-state index < -0.39 is 17.6 Å². The fraction of sp³-hybridized carbons (Fsp3) is 0.200. The van der Waals surface area contributed by atoms with E-state index >= 15 is 0 Å². The molecule has 192 valence electrons. The number of hydrogen-bond acceptors (Lipinski definition) is 7. The molecule has 1 heterocycles. The minimum atomic E-state index is -0.586. The van der Waals surface area contributed by atoms with Crippen LogP contribution in [0.2, 0.25) is 0 Å². The molecule has 9 heteroatoms. The first kappa shape index (κ1) is 30.2. The van der Waals surface area contributed by atoms with E-state index in [4.69, 9.17) is 4.74 Å². The molecule has 0 unspecified atom stereocenters. The van der Waals surface area contributed by atoms with E-state index in [1.54, 1.807) is 0 Å². The number of ether oxygens (including phenoxy) is 1. The molecule has 4 aromatic rings. The fourth-order valence-electron chi connectivity index (χ4n) is 4.36. The molecule has 1 aromatic heterocycles. The molecule has 1 aliphatic carbocycles. The molecule has 1 saturated carbocycles. The smallest absolute Gasteiger partial charge is 0.870 e. The second kappa shape index (κ2) is 12.7. The fourth-order valence-corrected chi connectivity index (χ4v) is 5.24. The Morgan fingerprint density at radius 1 is 1.10 bits per heavy atom. The van der Waals surface area contributed by atoms with Crippen molar-refractivity contribution in [3.8, 4) is 27.6 Å². The van der Waals surface area contributed by atoms with Crippen LogP contribution in [0.5, 0.6) is 0 Å². The quantitative estimate of drug-likeness (QED) is 0.277. The summed E-state index contributed by atoms with van der Waals surface area (Å²) in [7, 11) is 0. The van der Waals surface area contributed by atoms with Gasteiger partial charge in [-0.3, -0.25) is 11.6 Å². The predicted molar refractivity (Wildman–Crippen MR) is 146 cm³/mol. The third-order valence-corrected chi connectivity index (χ3v) is 7.72. The summed E-state index contributed by atoms with van der Waals surface area (Å²) in [5.41, 5.74) is 5.61. The number of carbonyl (C=O) groups excluding carboxylic acids is 2. The molecule has 0 aliphatic heterocycles. The summed E-state index contributed by atoms with van der Waals surface area (Å²) < 4.78 is 9.99. The molecule has 1 amide bonds. The molecule has 7 nitrogen and oxygen atoms in total. The number of nitriles is 1. The van der Waals surface area contributed by atoms with Crippen molar-refractivity contribution in [2.75, 3.05) is 5.32 Å². The molecule has 39 heavy (non-hydrogen) atoms. The number of nitrogens with one attached hydrogen (secondary N) is 1. The molecule has 0 spiro atoms. The molecule has 1 fully saturated rings. The Morgan fingerprint density at radius 3 is 2.38 bits per heavy atom. The number of aryl methyl sites for hydroxylation is 1. The van der Waals surface area contributed by atoms with Crippen LogP contribution >= 0.6 is 11.5 Å². The van der Waals surface area contributed by atoms with E-state index in [0.29, 0.717) is 27.4 Å². The van der Waals surface area contributed by atoms with Crippen molar-refractivity contribution in [1.82, 2.24) is 4.37 Å². The number of rotatable bonds is 7. The van der Waals surface area contributed by atoms with Gasteiger partial charge in [0, 0.05) is 5.56 Å². The summed E-state index contributed by atoms with van der Waals surface area (Å²) in [6.45, 7) is 3.62. The minimum absolute atomic E-state index is 0. The van der Waals surface area contributed by atoms with E-state index in [1.807, 2.05) is 86.6 Å². The zero-order valence-electron chi connectivity index (χ0n) is 21.9. The SMILES string of the molecule is Cc1nsc(-c2ccc(-c3ccc(C4([C-]=O)CC4)cc3)cc2C#N)c1NC(=O)O[C@H](C)c1ccccc1.[Na+].[OH-]. The zero-order valence-corrected chi connectivity index (χ0v) is 24.7. The maximum Gasteiger partial charge on any atom is 1.00 e. The Morgan fingerprint density at radius 2 is 1.77 bits per heavy atom. The third-order valence-electron chi connectivity index (χ3n) is 6.74. The van der Waals surface area contributed by atoms with Crippen LogP contribution < -0.4 is 34.9 Å². The van der Waals surface area contributed by atoms with Gasteiger partial charge in [0.05, 0.1) is 27.9 Å². The predicted octanol–water partition coefficient (Wildman–Crippen LogP) is 3.94. The van der Waals surface area contributed by atoms with Crippen molar-refractivity contribution in [2.45, 2.75) is 38.2 Å². The van der Waals surface area contributed by atoms with Gasteiger partial charge in [0.15, 0.2) is 0 Å². The topological polar surface area (TPSA) is 122 Å². The molecule has 0 bridgehead atoms. The van der Waals surface area contributed by atoms with E-state index in [9.17, 15) is 14.9 Å². The molecule has 0 saturated heterocycles. The molecule has 3 aromatic carbocycles. The maximum absolute atomic E-state index is 12.7. The number of carbonyl (C=O) groups is 1. The van der Waals surface area contributed by atoms with Gasteiger partial charge >= 0.3 is 35.7 Å². The summed E-state index contributed by atoms with van der Waals surface area (Å²) in [6.07, 6.45) is 2.85. The second-order valence-electron chi connectivity index (χ2n) is 9.19. The number of hydrogen-bond donors (Lipinski definition) is 1. The van der Waals surface area contributed by atoms with Crippen molar-refractivity contribution < 1.29 is 49.4 Å². The molecule has 1 atom stereocenters. The van der Waals surface area contributed by atoms with Gasteiger partial charge in [0.25, 0.3) is 0 Å². The van der Waals surface area contributed by atoms with Crippen LogP contribution in [0.15, 0.2) is 72.8 Å². The van der Waals surface area contributed by atoms with Gasteiger partial charge in [-0.2, -0.15) is 9.64 Å². The number of anilines is 1. The summed E-state index contributed by atoms with van der Waals surface area (Å²) in [5, 5.41) is 12.8. The van der Waals surface area contributed by atoms with Crippen molar-refractivity contribution in [2.24, 2.45) is 0 Å². The molecular weight excluding hydrogens is 521 g/mol. The molecule has 0 radical (unpaired) electrons. The standard InChI is InChI=1S/C30H24N3O3S.Na.H2O/c1-19-27(32-29(35)36-20(2)21-6-4-3-5-7-21)28(37-33-19)26-13-10-23(16-24(26)17-31)22-8-11-25(12-9-22)30(18-34)14-15-30;;/h3-13,16,20H,14-15H2,1-2H3,(H,32,35);;1H2/q-1;+1;/p-1/t20-;;/m1../s1. The second-order valence-corrected chi connectivity index (χ2v) is 9.96. The Bertz CT molecular complexity index is 1510. The van der Waals surface area contributed by atoms with Crippen molar-refractivity contribution in [3.05, 3.63) is 95.2 Å². The van der Waals surface area contributed by atoms with Crippen LogP contribution in [0.25, 0.3) is 21.6 Å². The van der Waals surface area contributed by atoms with Crippen molar-refractivity contribution >= 4 is 29.6 Å². The Kier molecular flexibility index (Phi) is 9.83. The first-order chi connectivity index (χ1) is 17.9. The van der Waals surface area contributed by atoms with Crippen LogP contribution in [-0.4, -0.2) is 22.2 Å². The Balaban J connectivity index is 0.00000210. The van der Waals surface area contributed by atoms with Crippen LogP contribution in [0.3, 0.4) is 0 Å². The monoisotopic (exact) mass is 546 g/mol. The molecule has 2 N–H and O–H groups in total. The first-order valence-electron chi connectivity index (χ1n) is 12.0. The van der Waals surface area contributed by atoms with Gasteiger partial charge < -0.3 is 15.0 Å². The average Bonchev–Trinajstić information content (AvgIpc) is 3.66. The van der Waals surface area contributed by atoms with Gasteiger partial charge in [-0.25, -0.2) is 4.79 Å². The van der Waals surface area contributed by atoms with E-state index in [-0.39, 0.29) is 35.0 Å². The van der Waals surface area contributed by atoms with Crippen LogP contribution in [0.4, 0.5) is 10.5 Å². The van der Waals surface area contributed by atoms with E-state index in [0.717, 1.165) is 35.1 Å². The Hall–Kier alpha value is -3.32. The summed E-state index contributed by atoms with van der Waals surface area (Å²) in [4.78, 5) is 24.7. The van der Waals surface area contributed by atoms with Gasteiger partial charge in [-0.15, -0.1) is 5.41 Å². The summed E-state index contributed by atoms with van der Waals surface area (Å²) in [6, 6.07) is 25.3. The maximum atomic E-state index is 12.7. The zero-order chi connectivity index (χ0) is 26.0. The normalized spacial score (nSPS) is 13.6. The van der Waals surface area contributed by atoms with Crippen LogP contribution in [-0.2, 0) is 14.9 Å². The largest absolute Gasteiger partial charge is 1.00 e. The number of aromatic nitrogens is 1. The van der Waals surface area contributed by atoms with Gasteiger partial charge in [-0.1, -0.05) is 85.1 Å². The van der Waals surface area contributed by atoms with Crippen LogP contribution in [0.1, 0.15) is 48.3 Å². The van der Waals surface area contributed by atoms with Crippen molar-refractivity contribution in [3.63, 3.8) is 0 Å².